The van der Waals surface area contributed by atoms with Crippen molar-refractivity contribution in [3.05, 3.63) is 28.9 Å². The summed E-state index contributed by atoms with van der Waals surface area (Å²) in [5.41, 5.74) is 0. The van der Waals surface area contributed by atoms with Gasteiger partial charge in [0.15, 0.2) is 0 Å². The number of halogens is 1. The average Bonchev–Trinajstić information content (AvgIpc) is 2.94. The lowest BCUT2D eigenvalue weighted by molar-refractivity contribution is 0.560. The molecule has 2 heterocycles. The van der Waals surface area contributed by atoms with E-state index in [1.165, 1.54) is 18.6 Å². The molecule has 0 saturated carbocycles. The average molecular weight is 375 g/mol. The van der Waals surface area contributed by atoms with E-state index in [2.05, 4.69) is 46.1 Å². The highest BCUT2D eigenvalue weighted by Gasteiger charge is 2.24. The van der Waals surface area contributed by atoms with Crippen LogP contribution < -0.4 is 10.0 Å². The third kappa shape index (κ3) is 3.77. The van der Waals surface area contributed by atoms with Crippen molar-refractivity contribution in [1.82, 2.24) is 24.9 Å². The molecule has 0 aliphatic rings. The molecule has 0 amide bonds. The fourth-order valence-corrected chi connectivity index (χ4v) is 3.55. The van der Waals surface area contributed by atoms with Gasteiger partial charge in [-0.3, -0.25) is 5.10 Å². The van der Waals surface area contributed by atoms with E-state index in [4.69, 9.17) is 0 Å². The van der Waals surface area contributed by atoms with Crippen LogP contribution in [-0.2, 0) is 10.0 Å². The van der Waals surface area contributed by atoms with Crippen molar-refractivity contribution in [3.8, 4) is 0 Å². The second kappa shape index (κ2) is 6.50. The standard InChI is InChI=1S/C11H15BrN6O2S/c1-3-13-11-9(4-8(12)5-14-11)21(19,20)18-7(2)10-15-6-16-17-10/h4-7,18H,3H2,1-2H3,(H,13,14)(H,15,16,17). The van der Waals surface area contributed by atoms with Gasteiger partial charge < -0.3 is 5.32 Å². The molecule has 2 aromatic rings. The van der Waals surface area contributed by atoms with Gasteiger partial charge in [0.1, 0.15) is 22.9 Å². The highest BCUT2D eigenvalue weighted by molar-refractivity contribution is 9.10. The molecule has 0 aromatic carbocycles. The van der Waals surface area contributed by atoms with Crippen LogP contribution in [0.3, 0.4) is 0 Å². The predicted molar refractivity (Wildman–Crippen MR) is 81.2 cm³/mol. The van der Waals surface area contributed by atoms with Crippen LogP contribution in [0.2, 0.25) is 0 Å². The highest BCUT2D eigenvalue weighted by Crippen LogP contribution is 2.24. The second-order valence-corrected chi connectivity index (χ2v) is 6.84. The number of pyridine rings is 1. The molecule has 0 aliphatic heterocycles. The number of rotatable bonds is 6. The van der Waals surface area contributed by atoms with Gasteiger partial charge in [0, 0.05) is 17.2 Å². The number of anilines is 1. The predicted octanol–water partition coefficient (Wildman–Crippen LogP) is 1.43. The summed E-state index contributed by atoms with van der Waals surface area (Å²) in [5, 5.41) is 9.27. The van der Waals surface area contributed by atoms with Gasteiger partial charge in [-0.2, -0.15) is 5.10 Å². The normalized spacial score (nSPS) is 13.1. The molecular weight excluding hydrogens is 360 g/mol. The Kier molecular flexibility index (Phi) is 4.91. The summed E-state index contributed by atoms with van der Waals surface area (Å²) in [5.74, 6) is 0.740. The third-order valence-corrected chi connectivity index (χ3v) is 4.62. The Hall–Kier alpha value is -1.52. The Labute approximate surface area is 131 Å². The summed E-state index contributed by atoms with van der Waals surface area (Å²) >= 11 is 3.23. The molecule has 2 rings (SSSR count). The Balaban J connectivity index is 2.33. The first-order valence-corrected chi connectivity index (χ1v) is 8.48. The van der Waals surface area contributed by atoms with Crippen molar-refractivity contribution in [1.29, 1.82) is 0 Å². The van der Waals surface area contributed by atoms with Crippen molar-refractivity contribution in [2.24, 2.45) is 0 Å². The zero-order chi connectivity index (χ0) is 15.5. The Morgan fingerprint density at radius 2 is 2.19 bits per heavy atom. The van der Waals surface area contributed by atoms with Crippen molar-refractivity contribution >= 4 is 31.8 Å². The molecule has 1 atom stereocenters. The number of aromatic amines is 1. The second-order valence-electron chi connectivity index (χ2n) is 4.24. The molecule has 2 aromatic heterocycles. The monoisotopic (exact) mass is 374 g/mol. The Morgan fingerprint density at radius 3 is 2.81 bits per heavy atom. The van der Waals surface area contributed by atoms with Crippen LogP contribution in [0.5, 0.6) is 0 Å². The minimum Gasteiger partial charge on any atom is -0.369 e. The number of nitrogens with zero attached hydrogens (tertiary/aromatic N) is 3. The maximum Gasteiger partial charge on any atom is 0.244 e. The van der Waals surface area contributed by atoms with Gasteiger partial charge in [-0.05, 0) is 35.8 Å². The van der Waals surface area contributed by atoms with Gasteiger partial charge in [0.05, 0.1) is 6.04 Å². The molecule has 0 fully saturated rings. The highest BCUT2D eigenvalue weighted by atomic mass is 79.9. The van der Waals surface area contributed by atoms with E-state index in [-0.39, 0.29) is 4.90 Å². The summed E-state index contributed by atoms with van der Waals surface area (Å²) in [7, 11) is -3.75. The molecule has 0 aliphatic carbocycles. The number of aromatic nitrogens is 4. The SMILES string of the molecule is CCNc1ncc(Br)cc1S(=O)(=O)NC(C)c1ncn[nH]1. The van der Waals surface area contributed by atoms with E-state index >= 15 is 0 Å². The molecule has 8 nitrogen and oxygen atoms in total. The summed E-state index contributed by atoms with van der Waals surface area (Å²) in [6.07, 6.45) is 2.86. The van der Waals surface area contributed by atoms with Crippen LogP contribution in [0.25, 0.3) is 0 Å². The maximum atomic E-state index is 12.5. The summed E-state index contributed by atoms with van der Waals surface area (Å²) < 4.78 is 28.1. The van der Waals surface area contributed by atoms with E-state index in [0.717, 1.165) is 0 Å². The molecule has 21 heavy (non-hydrogen) atoms. The summed E-state index contributed by atoms with van der Waals surface area (Å²) in [6, 6.07) is 0.964. The van der Waals surface area contributed by atoms with Gasteiger partial charge >= 0.3 is 0 Å². The van der Waals surface area contributed by atoms with Crippen LogP contribution in [0.1, 0.15) is 25.7 Å². The first kappa shape index (κ1) is 15.9. The lowest BCUT2D eigenvalue weighted by Gasteiger charge is -2.14. The Morgan fingerprint density at radius 1 is 1.43 bits per heavy atom. The van der Waals surface area contributed by atoms with Crippen LogP contribution >= 0.6 is 15.9 Å². The summed E-state index contributed by atoms with van der Waals surface area (Å²) in [4.78, 5) is 8.10. The molecular formula is C11H15BrN6O2S. The zero-order valence-electron chi connectivity index (χ0n) is 11.5. The first-order valence-electron chi connectivity index (χ1n) is 6.21. The minimum absolute atomic E-state index is 0.0742. The van der Waals surface area contributed by atoms with E-state index in [9.17, 15) is 8.42 Å². The fraction of sp³-hybridized carbons (Fsp3) is 0.364. The molecule has 114 valence electrons. The summed E-state index contributed by atoms with van der Waals surface area (Å²) in [6.45, 7) is 4.11. The molecule has 0 radical (unpaired) electrons. The third-order valence-electron chi connectivity index (χ3n) is 2.63. The molecule has 0 spiro atoms. The number of hydrogen-bond acceptors (Lipinski definition) is 6. The van der Waals surface area contributed by atoms with Gasteiger partial charge in [-0.1, -0.05) is 0 Å². The molecule has 1 unspecified atom stereocenters. The van der Waals surface area contributed by atoms with Crippen molar-refractivity contribution < 1.29 is 8.42 Å². The largest absolute Gasteiger partial charge is 0.369 e. The quantitative estimate of drug-likeness (QED) is 0.704. The number of hydrogen-bond donors (Lipinski definition) is 3. The molecule has 10 heteroatoms. The minimum atomic E-state index is -3.75. The van der Waals surface area contributed by atoms with E-state index < -0.39 is 16.1 Å². The molecule has 0 bridgehead atoms. The number of H-pyrrole nitrogens is 1. The maximum absolute atomic E-state index is 12.5. The van der Waals surface area contributed by atoms with Crippen LogP contribution in [0, 0.1) is 0 Å². The number of nitrogens with one attached hydrogen (secondary N) is 3. The van der Waals surface area contributed by atoms with Crippen LogP contribution in [0.4, 0.5) is 5.82 Å². The number of sulfonamides is 1. The van der Waals surface area contributed by atoms with Gasteiger partial charge in [-0.25, -0.2) is 23.1 Å². The van der Waals surface area contributed by atoms with Crippen molar-refractivity contribution in [3.63, 3.8) is 0 Å². The van der Waals surface area contributed by atoms with E-state index in [0.29, 0.717) is 22.7 Å². The fourth-order valence-electron chi connectivity index (χ4n) is 1.70. The van der Waals surface area contributed by atoms with Crippen LogP contribution in [0.15, 0.2) is 28.0 Å². The van der Waals surface area contributed by atoms with E-state index in [1.54, 1.807) is 6.92 Å². The van der Waals surface area contributed by atoms with Crippen LogP contribution in [-0.4, -0.2) is 35.1 Å². The Bertz CT molecular complexity index is 704. The lowest BCUT2D eigenvalue weighted by atomic mass is 10.3. The topological polar surface area (TPSA) is 113 Å². The zero-order valence-corrected chi connectivity index (χ0v) is 13.9. The van der Waals surface area contributed by atoms with Crippen molar-refractivity contribution in [2.45, 2.75) is 24.8 Å². The molecule has 0 saturated heterocycles. The van der Waals surface area contributed by atoms with Gasteiger partial charge in [0.2, 0.25) is 10.0 Å². The van der Waals surface area contributed by atoms with Gasteiger partial charge in [0.25, 0.3) is 0 Å². The van der Waals surface area contributed by atoms with E-state index in [1.807, 2.05) is 6.92 Å². The smallest absolute Gasteiger partial charge is 0.244 e. The lowest BCUT2D eigenvalue weighted by Crippen LogP contribution is -2.28. The van der Waals surface area contributed by atoms with Gasteiger partial charge in [-0.15, -0.1) is 0 Å². The van der Waals surface area contributed by atoms with Crippen molar-refractivity contribution in [2.75, 3.05) is 11.9 Å². The molecule has 3 N–H and O–H groups in total. The first-order chi connectivity index (χ1) is 9.94.